The number of hydrogen-bond acceptors (Lipinski definition) is 7. The summed E-state index contributed by atoms with van der Waals surface area (Å²) in [6, 6.07) is 4.10. The van der Waals surface area contributed by atoms with Crippen molar-refractivity contribution in [1.82, 2.24) is 14.9 Å². The average Bonchev–Trinajstić information content (AvgIpc) is 2.83. The molecule has 3 N–H and O–H groups in total. The Bertz CT molecular complexity index is 1050. The van der Waals surface area contributed by atoms with Crippen molar-refractivity contribution in [3.05, 3.63) is 47.5 Å². The molecule has 3 heterocycles. The largest absolute Gasteiger partial charge is 0.416 e. The number of aromatic nitrogens is 2. The van der Waals surface area contributed by atoms with E-state index >= 15 is 4.39 Å². The van der Waals surface area contributed by atoms with Gasteiger partial charge in [0.1, 0.15) is 12.5 Å². The number of alkyl halides is 4. The fraction of sp³-hybridized carbons (Fsp3) is 0.522. The standard InChI is InChI=1S/C23H27F5N6O2/c24-17-10-33(11-19(29)35)6-5-15(17)9-30-21-20(25)22(32-13-31-21)34-7-8-36-12-18(34)14-1-3-16(4-2-14)23(26,27)28/h1-4,13,15,17-18H,5-12H2,(H2,29,35)(H,30,31,32)/t15-,17+,18-/m1/s1. The van der Waals surface area contributed by atoms with Gasteiger partial charge in [0.2, 0.25) is 11.7 Å². The first-order valence-corrected chi connectivity index (χ1v) is 11.5. The number of hydrogen-bond donors (Lipinski definition) is 2. The van der Waals surface area contributed by atoms with Gasteiger partial charge in [-0.1, -0.05) is 12.1 Å². The topological polar surface area (TPSA) is 96.6 Å². The van der Waals surface area contributed by atoms with Gasteiger partial charge in [0, 0.05) is 25.6 Å². The second kappa shape index (κ2) is 10.9. The molecule has 0 saturated carbocycles. The predicted octanol–water partition coefficient (Wildman–Crippen LogP) is 2.77. The maximum absolute atomic E-state index is 15.5. The molecule has 3 atom stereocenters. The molecule has 2 aliphatic rings. The molecule has 1 amide bonds. The molecule has 1 aromatic heterocycles. The molecule has 0 spiro atoms. The fourth-order valence-corrected chi connectivity index (χ4v) is 4.55. The van der Waals surface area contributed by atoms with E-state index in [2.05, 4.69) is 15.3 Å². The number of anilines is 2. The monoisotopic (exact) mass is 514 g/mol. The number of piperidine rings is 1. The van der Waals surface area contributed by atoms with E-state index in [1.54, 1.807) is 9.80 Å². The number of rotatable bonds is 7. The summed E-state index contributed by atoms with van der Waals surface area (Å²) in [7, 11) is 0. The molecule has 2 saturated heterocycles. The summed E-state index contributed by atoms with van der Waals surface area (Å²) in [5, 5.41) is 2.87. The first-order chi connectivity index (χ1) is 17.1. The minimum absolute atomic E-state index is 0.00981. The normalized spacial score (nSPS) is 23.5. The quantitative estimate of drug-likeness (QED) is 0.549. The van der Waals surface area contributed by atoms with Crippen LogP contribution >= 0.6 is 0 Å². The molecule has 196 valence electrons. The van der Waals surface area contributed by atoms with Gasteiger partial charge in [-0.25, -0.2) is 14.4 Å². The summed E-state index contributed by atoms with van der Waals surface area (Å²) in [6.45, 7) is 1.38. The number of likely N-dealkylation sites (tertiary alicyclic amines) is 1. The Balaban J connectivity index is 1.46. The molecule has 2 fully saturated rings. The highest BCUT2D eigenvalue weighted by atomic mass is 19.4. The Morgan fingerprint density at radius 2 is 1.94 bits per heavy atom. The summed E-state index contributed by atoms with van der Waals surface area (Å²) in [6.07, 6.45) is -4.04. The highest BCUT2D eigenvalue weighted by Crippen LogP contribution is 2.34. The molecule has 2 aliphatic heterocycles. The molecule has 0 aliphatic carbocycles. The second-order valence-electron chi connectivity index (χ2n) is 8.91. The minimum atomic E-state index is -4.46. The van der Waals surface area contributed by atoms with Gasteiger partial charge in [0.05, 0.1) is 31.4 Å². The van der Waals surface area contributed by atoms with Gasteiger partial charge >= 0.3 is 6.18 Å². The summed E-state index contributed by atoms with van der Waals surface area (Å²) < 4.78 is 74.4. The number of carbonyl (C=O) groups excluding carboxylic acids is 1. The second-order valence-corrected chi connectivity index (χ2v) is 8.91. The van der Waals surface area contributed by atoms with Gasteiger partial charge in [-0.05, 0) is 30.7 Å². The lowest BCUT2D eigenvalue weighted by atomic mass is 9.95. The van der Waals surface area contributed by atoms with E-state index in [9.17, 15) is 22.4 Å². The van der Waals surface area contributed by atoms with Crippen molar-refractivity contribution in [3.63, 3.8) is 0 Å². The number of nitrogens with one attached hydrogen (secondary N) is 1. The predicted molar refractivity (Wildman–Crippen MR) is 121 cm³/mol. The lowest BCUT2D eigenvalue weighted by Crippen LogP contribution is -2.46. The molecule has 0 radical (unpaired) electrons. The molecule has 2 aromatic rings. The van der Waals surface area contributed by atoms with Crippen LogP contribution in [0, 0.1) is 11.7 Å². The number of primary amides is 1. The van der Waals surface area contributed by atoms with Crippen molar-refractivity contribution in [1.29, 1.82) is 0 Å². The van der Waals surface area contributed by atoms with E-state index in [-0.39, 0.29) is 51.0 Å². The van der Waals surface area contributed by atoms with Crippen LogP contribution < -0.4 is 16.0 Å². The number of carbonyl (C=O) groups is 1. The first kappa shape index (κ1) is 26.0. The van der Waals surface area contributed by atoms with E-state index in [0.29, 0.717) is 18.5 Å². The molecule has 4 rings (SSSR count). The number of halogens is 5. The third kappa shape index (κ3) is 6.01. The lowest BCUT2D eigenvalue weighted by molar-refractivity contribution is -0.137. The van der Waals surface area contributed by atoms with Crippen LogP contribution in [-0.2, 0) is 15.7 Å². The highest BCUT2D eigenvalue weighted by Gasteiger charge is 2.33. The smallest absolute Gasteiger partial charge is 0.377 e. The number of nitrogens with zero attached hydrogens (tertiary/aromatic N) is 4. The Morgan fingerprint density at radius 1 is 1.19 bits per heavy atom. The van der Waals surface area contributed by atoms with Crippen LogP contribution in [0.5, 0.6) is 0 Å². The van der Waals surface area contributed by atoms with Gasteiger partial charge < -0.3 is 20.7 Å². The van der Waals surface area contributed by atoms with Crippen LogP contribution in [0.3, 0.4) is 0 Å². The van der Waals surface area contributed by atoms with E-state index < -0.39 is 41.6 Å². The van der Waals surface area contributed by atoms with E-state index in [4.69, 9.17) is 10.5 Å². The van der Waals surface area contributed by atoms with Crippen molar-refractivity contribution < 1.29 is 31.5 Å². The van der Waals surface area contributed by atoms with E-state index in [1.807, 2.05) is 0 Å². The Morgan fingerprint density at radius 3 is 2.61 bits per heavy atom. The number of benzene rings is 1. The first-order valence-electron chi connectivity index (χ1n) is 11.5. The minimum Gasteiger partial charge on any atom is -0.377 e. The molecule has 13 heteroatoms. The summed E-state index contributed by atoms with van der Waals surface area (Å²) in [4.78, 5) is 22.4. The van der Waals surface area contributed by atoms with Crippen LogP contribution in [-0.4, -0.2) is 72.9 Å². The van der Waals surface area contributed by atoms with Gasteiger partial charge in [0.25, 0.3) is 0 Å². The van der Waals surface area contributed by atoms with Crippen molar-refractivity contribution in [2.75, 3.05) is 56.2 Å². The zero-order valence-electron chi connectivity index (χ0n) is 19.3. The number of morpholine rings is 1. The molecule has 0 unspecified atom stereocenters. The SMILES string of the molecule is NC(=O)CN1CC[C@H](CNc2ncnc(N3CCOC[C@@H]3c3ccc(C(F)(F)F)cc3)c2F)[C@@H](F)C1. The molecular weight excluding hydrogens is 487 g/mol. The Labute approximate surface area is 204 Å². The maximum Gasteiger partial charge on any atom is 0.416 e. The molecule has 8 nitrogen and oxygen atoms in total. The van der Waals surface area contributed by atoms with Gasteiger partial charge in [-0.2, -0.15) is 17.6 Å². The molecule has 1 aromatic carbocycles. The summed E-state index contributed by atoms with van der Waals surface area (Å²) in [5.74, 6) is -1.78. The van der Waals surface area contributed by atoms with Crippen LogP contribution in [0.1, 0.15) is 23.6 Å². The number of amides is 1. The van der Waals surface area contributed by atoms with Crippen LogP contribution in [0.25, 0.3) is 0 Å². The maximum atomic E-state index is 15.5. The Kier molecular flexibility index (Phi) is 7.88. The number of nitrogens with two attached hydrogens (primary N) is 1. The molecular formula is C23H27F5N6O2. The van der Waals surface area contributed by atoms with Crippen LogP contribution in [0.2, 0.25) is 0 Å². The van der Waals surface area contributed by atoms with Crippen LogP contribution in [0.4, 0.5) is 33.6 Å². The molecule has 36 heavy (non-hydrogen) atoms. The number of ether oxygens (including phenoxy) is 1. The molecule has 0 bridgehead atoms. The van der Waals surface area contributed by atoms with Gasteiger partial charge in [-0.15, -0.1) is 0 Å². The van der Waals surface area contributed by atoms with E-state index in [0.717, 1.165) is 12.1 Å². The van der Waals surface area contributed by atoms with Crippen LogP contribution in [0.15, 0.2) is 30.6 Å². The summed E-state index contributed by atoms with van der Waals surface area (Å²) >= 11 is 0. The average molecular weight is 514 g/mol. The van der Waals surface area contributed by atoms with Crippen molar-refractivity contribution in [2.24, 2.45) is 11.7 Å². The van der Waals surface area contributed by atoms with E-state index in [1.165, 1.54) is 18.5 Å². The zero-order valence-corrected chi connectivity index (χ0v) is 19.3. The van der Waals surface area contributed by atoms with Gasteiger partial charge in [0.15, 0.2) is 11.6 Å². The lowest BCUT2D eigenvalue weighted by Gasteiger charge is -2.37. The fourth-order valence-electron chi connectivity index (χ4n) is 4.55. The highest BCUT2D eigenvalue weighted by molar-refractivity contribution is 5.75. The summed E-state index contributed by atoms with van der Waals surface area (Å²) in [5.41, 5.74) is 4.92. The third-order valence-electron chi connectivity index (χ3n) is 6.47. The third-order valence-corrected chi connectivity index (χ3v) is 6.47. The van der Waals surface area contributed by atoms with Gasteiger partial charge in [-0.3, -0.25) is 9.69 Å². The Hall–Kier alpha value is -3.06. The van der Waals surface area contributed by atoms with Crippen molar-refractivity contribution in [3.8, 4) is 0 Å². The van der Waals surface area contributed by atoms with Crippen molar-refractivity contribution >= 4 is 17.5 Å². The zero-order chi connectivity index (χ0) is 25.9. The van der Waals surface area contributed by atoms with Crippen molar-refractivity contribution in [2.45, 2.75) is 24.8 Å².